The number of amides is 1. The number of hydrogen-bond donors (Lipinski definition) is 1. The predicted molar refractivity (Wildman–Crippen MR) is 132 cm³/mol. The maximum absolute atomic E-state index is 13.1. The van der Waals surface area contributed by atoms with Crippen molar-refractivity contribution in [3.63, 3.8) is 0 Å². The molecule has 0 aliphatic carbocycles. The summed E-state index contributed by atoms with van der Waals surface area (Å²) in [5.74, 6) is -0.0988. The summed E-state index contributed by atoms with van der Waals surface area (Å²) >= 11 is 8.46. The Morgan fingerprint density at radius 1 is 1.06 bits per heavy atom. The second-order valence-electron chi connectivity index (χ2n) is 7.29. The quantitative estimate of drug-likeness (QED) is 0.427. The number of sulfonamides is 1. The zero-order valence-electron chi connectivity index (χ0n) is 16.9. The van der Waals surface area contributed by atoms with Crippen LogP contribution >= 0.6 is 34.2 Å². The SMILES string of the molecule is O=C(COc1ccc(S(=O)(=O)N2CCc3ccccc3C2)cc1Cl)Nc1ccc(I)cc1. The Hall–Kier alpha value is -2.14. The van der Waals surface area contributed by atoms with Crippen LogP contribution in [0, 0.1) is 3.57 Å². The number of anilines is 1. The second-order valence-corrected chi connectivity index (χ2v) is 10.9. The molecule has 1 N–H and O–H groups in total. The van der Waals surface area contributed by atoms with Crippen molar-refractivity contribution in [2.75, 3.05) is 18.5 Å². The fraction of sp³-hybridized carbons (Fsp3) is 0.174. The molecule has 0 unspecified atom stereocenters. The molecule has 1 aliphatic heterocycles. The van der Waals surface area contributed by atoms with Crippen molar-refractivity contribution in [1.82, 2.24) is 4.31 Å². The van der Waals surface area contributed by atoms with E-state index in [9.17, 15) is 13.2 Å². The Bertz CT molecular complexity index is 1250. The molecule has 4 rings (SSSR count). The zero-order valence-corrected chi connectivity index (χ0v) is 20.7. The molecule has 3 aromatic rings. The van der Waals surface area contributed by atoms with Gasteiger partial charge in [-0.15, -0.1) is 0 Å². The molecule has 6 nitrogen and oxygen atoms in total. The highest BCUT2D eigenvalue weighted by atomic mass is 127. The van der Waals surface area contributed by atoms with Crippen molar-refractivity contribution in [3.05, 3.63) is 86.4 Å². The molecule has 0 spiro atoms. The van der Waals surface area contributed by atoms with Crippen LogP contribution in [-0.2, 0) is 27.8 Å². The summed E-state index contributed by atoms with van der Waals surface area (Å²) in [6.45, 7) is 0.488. The molecule has 0 radical (unpaired) electrons. The first-order valence-corrected chi connectivity index (χ1v) is 12.8. The molecule has 0 bridgehead atoms. The molecule has 166 valence electrons. The van der Waals surface area contributed by atoms with Crippen LogP contribution in [0.5, 0.6) is 5.75 Å². The van der Waals surface area contributed by atoms with E-state index in [1.165, 1.54) is 28.1 Å². The van der Waals surface area contributed by atoms with Crippen LogP contribution < -0.4 is 10.1 Å². The van der Waals surface area contributed by atoms with Gasteiger partial charge >= 0.3 is 0 Å². The lowest BCUT2D eigenvalue weighted by Gasteiger charge is -2.28. The molecule has 1 amide bonds. The Morgan fingerprint density at radius 2 is 1.78 bits per heavy atom. The highest BCUT2D eigenvalue weighted by molar-refractivity contribution is 14.1. The number of nitrogens with one attached hydrogen (secondary N) is 1. The van der Waals surface area contributed by atoms with E-state index < -0.39 is 10.0 Å². The zero-order chi connectivity index (χ0) is 22.7. The number of rotatable bonds is 6. The number of hydrogen-bond acceptors (Lipinski definition) is 4. The molecule has 0 saturated carbocycles. The fourth-order valence-electron chi connectivity index (χ4n) is 3.46. The van der Waals surface area contributed by atoms with Crippen LogP contribution in [0.25, 0.3) is 0 Å². The topological polar surface area (TPSA) is 75.7 Å². The van der Waals surface area contributed by atoms with E-state index in [-0.39, 0.29) is 28.2 Å². The number of nitrogens with zero attached hydrogens (tertiary/aromatic N) is 1. The second kappa shape index (κ2) is 9.78. The first-order valence-electron chi connectivity index (χ1n) is 9.87. The number of carbonyl (C=O) groups excluding carboxylic acids is 1. The summed E-state index contributed by atoms with van der Waals surface area (Å²) < 4.78 is 34.2. The number of halogens is 2. The Kier molecular flexibility index (Phi) is 7.04. The average molecular weight is 583 g/mol. The summed E-state index contributed by atoms with van der Waals surface area (Å²) in [5.41, 5.74) is 2.84. The summed E-state index contributed by atoms with van der Waals surface area (Å²) in [6.07, 6.45) is 0.667. The number of benzene rings is 3. The minimum absolute atomic E-state index is 0.0950. The lowest BCUT2D eigenvalue weighted by molar-refractivity contribution is -0.118. The van der Waals surface area contributed by atoms with E-state index in [0.717, 1.165) is 9.13 Å². The molecule has 0 saturated heterocycles. The van der Waals surface area contributed by atoms with Gasteiger partial charge in [-0.3, -0.25) is 4.79 Å². The van der Waals surface area contributed by atoms with Gasteiger partial charge in [-0.05, 0) is 82.6 Å². The monoisotopic (exact) mass is 582 g/mol. The summed E-state index contributed by atoms with van der Waals surface area (Å²) in [6, 6.07) is 19.5. The van der Waals surface area contributed by atoms with E-state index in [1.807, 2.05) is 36.4 Å². The number of fused-ring (bicyclic) bond motifs is 1. The maximum Gasteiger partial charge on any atom is 0.262 e. The van der Waals surface area contributed by atoms with Crippen LogP contribution in [0.4, 0.5) is 5.69 Å². The number of carbonyl (C=O) groups is 1. The van der Waals surface area contributed by atoms with Gasteiger partial charge in [0.05, 0.1) is 9.92 Å². The van der Waals surface area contributed by atoms with Crippen LogP contribution in [0.1, 0.15) is 11.1 Å². The van der Waals surface area contributed by atoms with Crippen molar-refractivity contribution in [1.29, 1.82) is 0 Å². The molecule has 0 atom stereocenters. The first kappa shape index (κ1) is 23.0. The predicted octanol–water partition coefficient (Wildman–Crippen LogP) is 4.71. The smallest absolute Gasteiger partial charge is 0.262 e. The van der Waals surface area contributed by atoms with E-state index in [4.69, 9.17) is 16.3 Å². The van der Waals surface area contributed by atoms with Gasteiger partial charge in [-0.25, -0.2) is 8.42 Å². The Labute approximate surface area is 205 Å². The molecule has 1 aliphatic rings. The van der Waals surface area contributed by atoms with Gasteiger partial charge in [0, 0.05) is 22.3 Å². The lowest BCUT2D eigenvalue weighted by atomic mass is 10.0. The van der Waals surface area contributed by atoms with Crippen LogP contribution in [0.3, 0.4) is 0 Å². The minimum atomic E-state index is -3.71. The van der Waals surface area contributed by atoms with Crippen molar-refractivity contribution in [2.24, 2.45) is 0 Å². The fourth-order valence-corrected chi connectivity index (χ4v) is 5.56. The van der Waals surface area contributed by atoms with Crippen molar-refractivity contribution in [3.8, 4) is 5.75 Å². The summed E-state index contributed by atoms with van der Waals surface area (Å²) in [7, 11) is -3.71. The van der Waals surface area contributed by atoms with Gasteiger partial charge in [0.2, 0.25) is 10.0 Å². The van der Waals surface area contributed by atoms with Crippen LogP contribution in [0.2, 0.25) is 5.02 Å². The van der Waals surface area contributed by atoms with Crippen molar-refractivity contribution < 1.29 is 17.9 Å². The van der Waals surface area contributed by atoms with Crippen molar-refractivity contribution >= 4 is 55.8 Å². The van der Waals surface area contributed by atoms with Crippen molar-refractivity contribution in [2.45, 2.75) is 17.9 Å². The first-order chi connectivity index (χ1) is 15.3. The van der Waals surface area contributed by atoms with E-state index in [2.05, 4.69) is 27.9 Å². The molecule has 0 aromatic heterocycles. The third-order valence-electron chi connectivity index (χ3n) is 5.12. The third-order valence-corrected chi connectivity index (χ3v) is 7.98. The van der Waals surface area contributed by atoms with E-state index in [1.54, 1.807) is 12.1 Å². The van der Waals surface area contributed by atoms with Gasteiger partial charge in [-0.2, -0.15) is 4.31 Å². The molecule has 3 aromatic carbocycles. The highest BCUT2D eigenvalue weighted by Crippen LogP contribution is 2.31. The van der Waals surface area contributed by atoms with Gasteiger partial charge in [0.1, 0.15) is 5.75 Å². The van der Waals surface area contributed by atoms with E-state index >= 15 is 0 Å². The van der Waals surface area contributed by atoms with Gasteiger partial charge < -0.3 is 10.1 Å². The number of ether oxygens (including phenoxy) is 1. The molecular weight excluding hydrogens is 563 g/mol. The largest absolute Gasteiger partial charge is 0.482 e. The van der Waals surface area contributed by atoms with Gasteiger partial charge in [0.15, 0.2) is 6.61 Å². The molecule has 32 heavy (non-hydrogen) atoms. The average Bonchev–Trinajstić information content (AvgIpc) is 2.79. The third kappa shape index (κ3) is 5.25. The van der Waals surface area contributed by atoms with E-state index in [0.29, 0.717) is 25.2 Å². The lowest BCUT2D eigenvalue weighted by Crippen LogP contribution is -2.35. The highest BCUT2D eigenvalue weighted by Gasteiger charge is 2.28. The summed E-state index contributed by atoms with van der Waals surface area (Å²) in [4.78, 5) is 12.2. The van der Waals surface area contributed by atoms with Gasteiger partial charge in [-0.1, -0.05) is 35.9 Å². The standard InChI is InChI=1S/C23H20ClIN2O4S/c24-21-13-20(32(29,30)27-12-11-16-3-1-2-4-17(16)14-27)9-10-22(21)31-15-23(28)26-19-7-5-18(25)6-8-19/h1-10,13H,11-12,14-15H2,(H,26,28). The van der Waals surface area contributed by atoms with Gasteiger partial charge in [0.25, 0.3) is 5.91 Å². The Balaban J connectivity index is 1.41. The molecule has 1 heterocycles. The van der Waals surface area contributed by atoms with Crippen LogP contribution in [0.15, 0.2) is 71.6 Å². The van der Waals surface area contributed by atoms with Crippen LogP contribution in [-0.4, -0.2) is 31.8 Å². The minimum Gasteiger partial charge on any atom is -0.482 e. The molecular formula is C23H20ClIN2O4S. The maximum atomic E-state index is 13.1. The molecule has 9 heteroatoms. The molecule has 0 fully saturated rings. The summed E-state index contributed by atoms with van der Waals surface area (Å²) in [5, 5.41) is 2.86. The Morgan fingerprint density at radius 3 is 2.50 bits per heavy atom. The normalized spacial score (nSPS) is 13.9.